The molecular formula is C27H29N3O3. The number of anilines is 2. The molecular weight excluding hydrogens is 414 g/mol. The molecule has 1 heterocycles. The Labute approximate surface area is 194 Å². The predicted molar refractivity (Wildman–Crippen MR) is 131 cm³/mol. The van der Waals surface area contributed by atoms with Crippen molar-refractivity contribution >= 4 is 23.3 Å². The van der Waals surface area contributed by atoms with Gasteiger partial charge < -0.3 is 20.3 Å². The lowest BCUT2D eigenvalue weighted by Crippen LogP contribution is -2.36. The number of hydrogen-bond donors (Lipinski definition) is 2. The molecule has 0 aromatic heterocycles. The van der Waals surface area contributed by atoms with Gasteiger partial charge in [0.2, 0.25) is 0 Å². The first-order valence-corrected chi connectivity index (χ1v) is 11.4. The minimum Gasteiger partial charge on any atom is -0.494 e. The van der Waals surface area contributed by atoms with Gasteiger partial charge in [-0.2, -0.15) is 0 Å². The summed E-state index contributed by atoms with van der Waals surface area (Å²) in [5, 5.41) is 5.73. The van der Waals surface area contributed by atoms with Crippen LogP contribution >= 0.6 is 0 Å². The maximum Gasteiger partial charge on any atom is 0.323 e. The van der Waals surface area contributed by atoms with Crippen LogP contribution in [-0.2, 0) is 13.0 Å². The average molecular weight is 444 g/mol. The predicted octanol–water partition coefficient (Wildman–Crippen LogP) is 5.71. The Morgan fingerprint density at radius 3 is 2.39 bits per heavy atom. The van der Waals surface area contributed by atoms with Crippen LogP contribution in [0.15, 0.2) is 72.8 Å². The summed E-state index contributed by atoms with van der Waals surface area (Å²) in [6, 6.07) is 22.2. The van der Waals surface area contributed by atoms with Gasteiger partial charge in [-0.1, -0.05) is 37.6 Å². The Morgan fingerprint density at radius 1 is 0.909 bits per heavy atom. The number of hydrogen-bond acceptors (Lipinski definition) is 3. The van der Waals surface area contributed by atoms with E-state index in [2.05, 4.69) is 17.6 Å². The molecule has 0 fully saturated rings. The number of fused-ring (bicyclic) bond motifs is 1. The molecule has 4 rings (SSSR count). The van der Waals surface area contributed by atoms with Crippen LogP contribution < -0.4 is 15.4 Å². The van der Waals surface area contributed by atoms with Crippen LogP contribution in [0.2, 0.25) is 0 Å². The highest BCUT2D eigenvalue weighted by Crippen LogP contribution is 2.24. The van der Waals surface area contributed by atoms with Crippen molar-refractivity contribution in [3.63, 3.8) is 0 Å². The highest BCUT2D eigenvalue weighted by atomic mass is 16.5. The number of benzene rings is 3. The van der Waals surface area contributed by atoms with Gasteiger partial charge in [0.1, 0.15) is 5.75 Å². The van der Waals surface area contributed by atoms with E-state index < -0.39 is 0 Å². The van der Waals surface area contributed by atoms with Crippen molar-refractivity contribution in [1.82, 2.24) is 4.90 Å². The number of carbonyl (C=O) groups is 2. The highest BCUT2D eigenvalue weighted by Gasteiger charge is 2.22. The SMILES string of the molecule is CCCCOc1ccc(NC(=O)Nc2ccc3c(c2)CN(C(=O)c2ccccc2)CC3)cc1. The third-order valence-electron chi connectivity index (χ3n) is 5.66. The van der Waals surface area contributed by atoms with Crippen LogP contribution in [0.1, 0.15) is 41.3 Å². The van der Waals surface area contributed by atoms with Crippen LogP contribution in [0, 0.1) is 0 Å². The first-order chi connectivity index (χ1) is 16.1. The third-order valence-corrected chi connectivity index (χ3v) is 5.66. The first kappa shape index (κ1) is 22.4. The Kier molecular flexibility index (Phi) is 7.25. The summed E-state index contributed by atoms with van der Waals surface area (Å²) in [5.41, 5.74) is 4.33. The fraction of sp³-hybridized carbons (Fsp3) is 0.259. The van der Waals surface area contributed by atoms with Gasteiger partial charge in [0.15, 0.2) is 0 Å². The number of nitrogens with one attached hydrogen (secondary N) is 2. The largest absolute Gasteiger partial charge is 0.494 e. The lowest BCUT2D eigenvalue weighted by Gasteiger charge is -2.29. The fourth-order valence-electron chi connectivity index (χ4n) is 3.83. The van der Waals surface area contributed by atoms with Gasteiger partial charge in [-0.05, 0) is 72.5 Å². The Morgan fingerprint density at radius 2 is 1.64 bits per heavy atom. The molecule has 0 radical (unpaired) electrons. The van der Waals surface area contributed by atoms with E-state index in [9.17, 15) is 9.59 Å². The van der Waals surface area contributed by atoms with Crippen molar-refractivity contribution in [2.75, 3.05) is 23.8 Å². The lowest BCUT2D eigenvalue weighted by atomic mass is 9.98. The van der Waals surface area contributed by atoms with Crippen molar-refractivity contribution in [2.24, 2.45) is 0 Å². The van der Waals surface area contributed by atoms with Crippen LogP contribution in [0.4, 0.5) is 16.2 Å². The van der Waals surface area contributed by atoms with Gasteiger partial charge >= 0.3 is 6.03 Å². The van der Waals surface area contributed by atoms with E-state index in [4.69, 9.17) is 4.74 Å². The standard InChI is InChI=1S/C27H29N3O3/c1-2-3-17-33-25-13-11-23(12-14-25)28-27(32)29-24-10-9-20-15-16-30(19-22(20)18-24)26(31)21-7-5-4-6-8-21/h4-14,18H,2-3,15-17,19H2,1H3,(H2,28,29,32). The molecule has 0 saturated heterocycles. The molecule has 0 spiro atoms. The summed E-state index contributed by atoms with van der Waals surface area (Å²) < 4.78 is 5.65. The minimum absolute atomic E-state index is 0.0273. The lowest BCUT2D eigenvalue weighted by molar-refractivity contribution is 0.0734. The quantitative estimate of drug-likeness (QED) is 0.460. The summed E-state index contributed by atoms with van der Waals surface area (Å²) in [7, 11) is 0. The monoisotopic (exact) mass is 443 g/mol. The molecule has 0 bridgehead atoms. The number of ether oxygens (including phenoxy) is 1. The third kappa shape index (κ3) is 5.92. The average Bonchev–Trinajstić information content (AvgIpc) is 2.85. The van der Waals surface area contributed by atoms with E-state index >= 15 is 0 Å². The molecule has 1 aliphatic heterocycles. The molecule has 6 heteroatoms. The van der Waals surface area contributed by atoms with Crippen molar-refractivity contribution in [3.05, 3.63) is 89.5 Å². The second-order valence-corrected chi connectivity index (χ2v) is 8.13. The summed E-state index contributed by atoms with van der Waals surface area (Å²) >= 11 is 0. The van der Waals surface area contributed by atoms with E-state index in [-0.39, 0.29) is 11.9 Å². The van der Waals surface area contributed by atoms with Gasteiger partial charge in [0, 0.05) is 30.0 Å². The van der Waals surface area contributed by atoms with Crippen LogP contribution in [0.5, 0.6) is 5.75 Å². The molecule has 6 nitrogen and oxygen atoms in total. The molecule has 2 N–H and O–H groups in total. The number of nitrogens with zero attached hydrogens (tertiary/aromatic N) is 1. The van der Waals surface area contributed by atoms with Gasteiger partial charge in [0.05, 0.1) is 6.61 Å². The number of amides is 3. The van der Waals surface area contributed by atoms with E-state index in [1.54, 1.807) is 0 Å². The van der Waals surface area contributed by atoms with Crippen molar-refractivity contribution in [3.8, 4) is 5.75 Å². The van der Waals surface area contributed by atoms with Crippen molar-refractivity contribution in [1.29, 1.82) is 0 Å². The molecule has 170 valence electrons. The Hall–Kier alpha value is -3.80. The van der Waals surface area contributed by atoms with E-state index in [1.807, 2.05) is 77.7 Å². The molecule has 33 heavy (non-hydrogen) atoms. The zero-order valence-corrected chi connectivity index (χ0v) is 18.8. The topological polar surface area (TPSA) is 70.7 Å². The molecule has 3 amide bonds. The second-order valence-electron chi connectivity index (χ2n) is 8.13. The van der Waals surface area contributed by atoms with Crippen LogP contribution in [0.25, 0.3) is 0 Å². The highest BCUT2D eigenvalue weighted by molar-refractivity contribution is 6.00. The fourth-order valence-corrected chi connectivity index (χ4v) is 3.83. The maximum atomic E-state index is 12.8. The van der Waals surface area contributed by atoms with Crippen LogP contribution in [0.3, 0.4) is 0 Å². The minimum atomic E-state index is -0.317. The van der Waals surface area contributed by atoms with E-state index in [0.717, 1.165) is 30.6 Å². The summed E-state index contributed by atoms with van der Waals surface area (Å²) in [5.74, 6) is 0.818. The summed E-state index contributed by atoms with van der Waals surface area (Å²) in [6.07, 6.45) is 2.90. The summed E-state index contributed by atoms with van der Waals surface area (Å²) in [4.78, 5) is 27.1. The Bertz CT molecular complexity index is 1100. The number of rotatable bonds is 7. The zero-order valence-electron chi connectivity index (χ0n) is 18.8. The second kappa shape index (κ2) is 10.7. The molecule has 0 unspecified atom stereocenters. The van der Waals surface area contributed by atoms with Gasteiger partial charge in [-0.3, -0.25) is 4.79 Å². The number of carbonyl (C=O) groups excluding carboxylic acids is 2. The smallest absolute Gasteiger partial charge is 0.323 e. The molecule has 1 aliphatic rings. The van der Waals surface area contributed by atoms with Gasteiger partial charge in [-0.25, -0.2) is 4.79 Å². The normalized spacial score (nSPS) is 12.6. The maximum absolute atomic E-state index is 12.8. The molecule has 3 aromatic rings. The zero-order chi connectivity index (χ0) is 23.0. The first-order valence-electron chi connectivity index (χ1n) is 11.4. The van der Waals surface area contributed by atoms with E-state index in [0.29, 0.717) is 36.6 Å². The molecule has 0 aliphatic carbocycles. The number of unbranched alkanes of at least 4 members (excludes halogenated alkanes) is 1. The van der Waals surface area contributed by atoms with Gasteiger partial charge in [0.25, 0.3) is 5.91 Å². The summed E-state index contributed by atoms with van der Waals surface area (Å²) in [6.45, 7) is 4.03. The molecule has 0 atom stereocenters. The van der Waals surface area contributed by atoms with Crippen molar-refractivity contribution < 1.29 is 14.3 Å². The van der Waals surface area contributed by atoms with E-state index in [1.165, 1.54) is 5.56 Å². The number of urea groups is 1. The van der Waals surface area contributed by atoms with Crippen LogP contribution in [-0.4, -0.2) is 30.0 Å². The Balaban J connectivity index is 1.35. The van der Waals surface area contributed by atoms with Gasteiger partial charge in [-0.15, -0.1) is 0 Å². The molecule has 0 saturated carbocycles. The molecule has 3 aromatic carbocycles. The van der Waals surface area contributed by atoms with Crippen molar-refractivity contribution in [2.45, 2.75) is 32.7 Å².